The first kappa shape index (κ1) is 15.9. The van der Waals surface area contributed by atoms with Crippen molar-refractivity contribution < 1.29 is 24.2 Å². The molecule has 1 aromatic carbocycles. The van der Waals surface area contributed by atoms with Gasteiger partial charge in [0.05, 0.1) is 30.8 Å². The van der Waals surface area contributed by atoms with Crippen molar-refractivity contribution in [1.29, 1.82) is 0 Å². The summed E-state index contributed by atoms with van der Waals surface area (Å²) in [6.45, 7) is 4.48. The van der Waals surface area contributed by atoms with Crippen molar-refractivity contribution in [1.82, 2.24) is 0 Å². The molecule has 20 heavy (non-hydrogen) atoms. The van der Waals surface area contributed by atoms with Crippen LogP contribution in [0.1, 0.15) is 0 Å². The zero-order valence-electron chi connectivity index (χ0n) is 11.0. The Morgan fingerprint density at radius 2 is 2.05 bits per heavy atom. The first-order chi connectivity index (χ1) is 9.69. The molecule has 0 unspecified atom stereocenters. The fourth-order valence-corrected chi connectivity index (χ4v) is 1.37. The Morgan fingerprint density at radius 1 is 1.25 bits per heavy atom. The topological polar surface area (TPSA) is 91.1 Å². The summed E-state index contributed by atoms with van der Waals surface area (Å²) in [5.74, 6) is 0.673. The maximum absolute atomic E-state index is 10.7. The van der Waals surface area contributed by atoms with Gasteiger partial charge in [-0.3, -0.25) is 10.1 Å². The Kier molecular flexibility index (Phi) is 7.08. The predicted octanol–water partition coefficient (Wildman–Crippen LogP) is 1.55. The summed E-state index contributed by atoms with van der Waals surface area (Å²) >= 11 is 0. The molecule has 1 N–H and O–H groups in total. The Balaban J connectivity index is 2.67. The van der Waals surface area contributed by atoms with Crippen LogP contribution < -0.4 is 9.47 Å². The molecule has 1 aromatic rings. The second-order valence-electron chi connectivity index (χ2n) is 3.67. The summed E-state index contributed by atoms with van der Waals surface area (Å²) in [5, 5.41) is 19.3. The van der Waals surface area contributed by atoms with Gasteiger partial charge < -0.3 is 19.3 Å². The van der Waals surface area contributed by atoms with E-state index in [2.05, 4.69) is 6.58 Å². The third-order valence-corrected chi connectivity index (χ3v) is 2.22. The standard InChI is InChI=1S/C13H17NO6/c1-2-6-19-13-10-11(14(16)17)3-4-12(13)20-9-8-18-7-5-15/h2-4,10,15H,1,5-9H2. The Labute approximate surface area is 116 Å². The van der Waals surface area contributed by atoms with Crippen molar-refractivity contribution in [2.75, 3.05) is 33.0 Å². The molecule has 0 saturated heterocycles. The van der Waals surface area contributed by atoms with E-state index in [4.69, 9.17) is 19.3 Å². The lowest BCUT2D eigenvalue weighted by Crippen LogP contribution is -2.10. The zero-order chi connectivity index (χ0) is 14.8. The molecule has 1 rings (SSSR count). The number of ether oxygens (including phenoxy) is 3. The third kappa shape index (κ3) is 5.25. The number of rotatable bonds is 10. The minimum Gasteiger partial charge on any atom is -0.487 e. The maximum atomic E-state index is 10.7. The van der Waals surface area contributed by atoms with E-state index in [0.717, 1.165) is 0 Å². The van der Waals surface area contributed by atoms with Crippen LogP contribution in [0.5, 0.6) is 11.5 Å². The van der Waals surface area contributed by atoms with Crippen LogP contribution in [0.2, 0.25) is 0 Å². The molecule has 0 spiro atoms. The molecule has 7 heteroatoms. The van der Waals surface area contributed by atoms with Gasteiger partial charge in [0.15, 0.2) is 11.5 Å². The molecular weight excluding hydrogens is 266 g/mol. The van der Waals surface area contributed by atoms with Crippen LogP contribution in [-0.2, 0) is 4.74 Å². The number of hydrogen-bond donors (Lipinski definition) is 1. The number of non-ortho nitro benzene ring substituents is 1. The molecule has 0 bridgehead atoms. The number of hydrogen-bond acceptors (Lipinski definition) is 6. The Bertz CT molecular complexity index is 448. The maximum Gasteiger partial charge on any atom is 0.273 e. The molecule has 0 fully saturated rings. The lowest BCUT2D eigenvalue weighted by atomic mass is 10.3. The average molecular weight is 283 g/mol. The molecule has 0 aliphatic carbocycles. The molecule has 0 atom stereocenters. The van der Waals surface area contributed by atoms with Crippen LogP contribution in [0.4, 0.5) is 5.69 Å². The summed E-state index contributed by atoms with van der Waals surface area (Å²) in [5.41, 5.74) is -0.0760. The van der Waals surface area contributed by atoms with E-state index < -0.39 is 4.92 Å². The van der Waals surface area contributed by atoms with E-state index >= 15 is 0 Å². The molecule has 0 aliphatic rings. The monoisotopic (exact) mass is 283 g/mol. The second-order valence-corrected chi connectivity index (χ2v) is 3.67. The fraction of sp³-hybridized carbons (Fsp3) is 0.385. The van der Waals surface area contributed by atoms with Gasteiger partial charge in [0.1, 0.15) is 13.2 Å². The van der Waals surface area contributed by atoms with E-state index in [0.29, 0.717) is 12.4 Å². The smallest absolute Gasteiger partial charge is 0.273 e. The Morgan fingerprint density at radius 3 is 2.70 bits per heavy atom. The highest BCUT2D eigenvalue weighted by Gasteiger charge is 2.12. The summed E-state index contributed by atoms with van der Waals surface area (Å²) in [6, 6.07) is 4.11. The van der Waals surface area contributed by atoms with E-state index in [-0.39, 0.29) is 37.9 Å². The van der Waals surface area contributed by atoms with E-state index in [1.54, 1.807) is 0 Å². The molecule has 0 radical (unpaired) electrons. The highest BCUT2D eigenvalue weighted by molar-refractivity contribution is 5.48. The summed E-state index contributed by atoms with van der Waals surface area (Å²) in [6.07, 6.45) is 1.53. The third-order valence-electron chi connectivity index (χ3n) is 2.22. The molecule has 110 valence electrons. The van der Waals surface area contributed by atoms with Crippen molar-refractivity contribution in [3.63, 3.8) is 0 Å². The molecule has 7 nitrogen and oxygen atoms in total. The fourth-order valence-electron chi connectivity index (χ4n) is 1.37. The molecule has 0 heterocycles. The van der Waals surface area contributed by atoms with Crippen molar-refractivity contribution in [2.24, 2.45) is 0 Å². The van der Waals surface area contributed by atoms with E-state index in [9.17, 15) is 10.1 Å². The minimum absolute atomic E-state index is 0.0504. The van der Waals surface area contributed by atoms with Crippen LogP contribution in [-0.4, -0.2) is 43.1 Å². The minimum atomic E-state index is -0.505. The van der Waals surface area contributed by atoms with Crippen LogP contribution >= 0.6 is 0 Å². The van der Waals surface area contributed by atoms with Gasteiger partial charge in [-0.05, 0) is 6.07 Å². The first-order valence-corrected chi connectivity index (χ1v) is 6.02. The highest BCUT2D eigenvalue weighted by atomic mass is 16.6. The van der Waals surface area contributed by atoms with Crippen LogP contribution in [0, 0.1) is 10.1 Å². The van der Waals surface area contributed by atoms with Gasteiger partial charge in [0, 0.05) is 6.07 Å². The SMILES string of the molecule is C=CCOc1cc([N+](=O)[O-])ccc1OCCOCCO. The lowest BCUT2D eigenvalue weighted by Gasteiger charge is -2.11. The van der Waals surface area contributed by atoms with Gasteiger partial charge >= 0.3 is 0 Å². The van der Waals surface area contributed by atoms with Gasteiger partial charge in [0.25, 0.3) is 5.69 Å². The first-order valence-electron chi connectivity index (χ1n) is 6.02. The number of nitro groups is 1. The van der Waals surface area contributed by atoms with Gasteiger partial charge in [-0.15, -0.1) is 0 Å². The summed E-state index contributed by atoms with van der Waals surface area (Å²) in [7, 11) is 0. The van der Waals surface area contributed by atoms with E-state index in [1.165, 1.54) is 24.3 Å². The van der Waals surface area contributed by atoms with Crippen molar-refractivity contribution in [3.8, 4) is 11.5 Å². The number of benzene rings is 1. The molecule has 0 saturated carbocycles. The predicted molar refractivity (Wildman–Crippen MR) is 72.2 cm³/mol. The normalized spacial score (nSPS) is 10.1. The van der Waals surface area contributed by atoms with Crippen LogP contribution in [0.15, 0.2) is 30.9 Å². The second kappa shape index (κ2) is 8.89. The molecule has 0 aliphatic heterocycles. The van der Waals surface area contributed by atoms with Gasteiger partial charge in [-0.25, -0.2) is 0 Å². The average Bonchev–Trinajstić information content (AvgIpc) is 2.45. The quantitative estimate of drug-likeness (QED) is 0.303. The van der Waals surface area contributed by atoms with Crippen LogP contribution in [0.3, 0.4) is 0 Å². The summed E-state index contributed by atoms with van der Waals surface area (Å²) < 4.78 is 15.8. The number of nitro benzene ring substituents is 1. The summed E-state index contributed by atoms with van der Waals surface area (Å²) in [4.78, 5) is 10.2. The number of aliphatic hydroxyl groups excluding tert-OH is 1. The van der Waals surface area contributed by atoms with Gasteiger partial charge in [0.2, 0.25) is 0 Å². The van der Waals surface area contributed by atoms with Crippen molar-refractivity contribution >= 4 is 5.69 Å². The molecule has 0 aromatic heterocycles. The zero-order valence-corrected chi connectivity index (χ0v) is 11.0. The molecule has 0 amide bonds. The van der Waals surface area contributed by atoms with Gasteiger partial charge in [-0.1, -0.05) is 12.7 Å². The van der Waals surface area contributed by atoms with E-state index in [1.807, 2.05) is 0 Å². The van der Waals surface area contributed by atoms with Gasteiger partial charge in [-0.2, -0.15) is 0 Å². The van der Waals surface area contributed by atoms with Crippen molar-refractivity contribution in [2.45, 2.75) is 0 Å². The van der Waals surface area contributed by atoms with Crippen LogP contribution in [0.25, 0.3) is 0 Å². The largest absolute Gasteiger partial charge is 0.487 e. The van der Waals surface area contributed by atoms with Crippen molar-refractivity contribution in [3.05, 3.63) is 41.0 Å². The Hall–Kier alpha value is -2.12. The molecular formula is C13H17NO6. The lowest BCUT2D eigenvalue weighted by molar-refractivity contribution is -0.385. The highest BCUT2D eigenvalue weighted by Crippen LogP contribution is 2.31. The number of nitrogens with zero attached hydrogens (tertiary/aromatic N) is 1. The number of aliphatic hydroxyl groups is 1.